The lowest BCUT2D eigenvalue weighted by Gasteiger charge is -2.28. The molecule has 0 bridgehead atoms. The van der Waals surface area contributed by atoms with Crippen molar-refractivity contribution in [1.29, 1.82) is 0 Å². The molecule has 0 radical (unpaired) electrons. The van der Waals surface area contributed by atoms with Crippen molar-refractivity contribution < 1.29 is 0 Å². The smallest absolute Gasteiger partial charge is 0.0281 e. The lowest BCUT2D eigenvalue weighted by atomic mass is 9.77. The standard InChI is InChI=1S/C26H26/c1-18-25(24-16-15-19-9-5-7-13-22(19)24)17-21-12-6-8-14-23(21)26(18)20-10-3-2-4-11-20/h5-9,12-17,20,24H,2-4,10-11H2,1H3. The fourth-order valence-corrected chi connectivity index (χ4v) is 5.26. The number of allylic oxidation sites excluding steroid dienone is 1. The topological polar surface area (TPSA) is 0 Å². The molecule has 1 fully saturated rings. The number of benzene rings is 3. The first-order valence-electron chi connectivity index (χ1n) is 10.1. The SMILES string of the molecule is Cc1c(C2C=Cc3ccccc32)cc2ccccc2c1C1CCCCC1. The highest BCUT2D eigenvalue weighted by Gasteiger charge is 2.26. The van der Waals surface area contributed by atoms with E-state index in [1.165, 1.54) is 65.1 Å². The van der Waals surface area contributed by atoms with E-state index >= 15 is 0 Å². The van der Waals surface area contributed by atoms with Gasteiger partial charge in [0.25, 0.3) is 0 Å². The highest BCUT2D eigenvalue weighted by Crippen LogP contribution is 2.44. The van der Waals surface area contributed by atoms with Gasteiger partial charge in [-0.25, -0.2) is 0 Å². The van der Waals surface area contributed by atoms with Crippen LogP contribution in [0.1, 0.15) is 71.8 Å². The molecule has 2 aliphatic rings. The van der Waals surface area contributed by atoms with Crippen molar-refractivity contribution in [2.24, 2.45) is 0 Å². The molecule has 3 aromatic carbocycles. The lowest BCUT2D eigenvalue weighted by molar-refractivity contribution is 0.444. The van der Waals surface area contributed by atoms with Crippen LogP contribution in [0, 0.1) is 6.92 Å². The molecule has 3 aromatic rings. The molecule has 0 heterocycles. The van der Waals surface area contributed by atoms with E-state index in [4.69, 9.17) is 0 Å². The third-order valence-electron chi connectivity index (χ3n) is 6.55. The van der Waals surface area contributed by atoms with Gasteiger partial charge in [-0.3, -0.25) is 0 Å². The van der Waals surface area contributed by atoms with Crippen molar-refractivity contribution in [2.45, 2.75) is 50.9 Å². The Morgan fingerprint density at radius 3 is 2.46 bits per heavy atom. The molecule has 0 amide bonds. The normalized spacial score (nSPS) is 19.8. The minimum absolute atomic E-state index is 0.401. The third-order valence-corrected chi connectivity index (χ3v) is 6.55. The van der Waals surface area contributed by atoms with E-state index in [-0.39, 0.29) is 0 Å². The Hall–Kier alpha value is -2.34. The zero-order valence-corrected chi connectivity index (χ0v) is 15.5. The number of rotatable bonds is 2. The van der Waals surface area contributed by atoms with Crippen LogP contribution < -0.4 is 0 Å². The van der Waals surface area contributed by atoms with Crippen LogP contribution in [-0.4, -0.2) is 0 Å². The minimum Gasteiger partial charge on any atom is -0.0720 e. The van der Waals surface area contributed by atoms with Crippen molar-refractivity contribution in [1.82, 2.24) is 0 Å². The molecule has 0 spiro atoms. The van der Waals surface area contributed by atoms with Gasteiger partial charge in [0, 0.05) is 5.92 Å². The number of hydrogen-bond donors (Lipinski definition) is 0. The first kappa shape index (κ1) is 15.9. The second-order valence-corrected chi connectivity index (χ2v) is 8.03. The maximum absolute atomic E-state index is 2.45. The van der Waals surface area contributed by atoms with Gasteiger partial charge in [0.1, 0.15) is 0 Å². The summed E-state index contributed by atoms with van der Waals surface area (Å²) in [5.41, 5.74) is 7.51. The van der Waals surface area contributed by atoms with Gasteiger partial charge in [0.2, 0.25) is 0 Å². The Bertz CT molecular complexity index is 986. The summed E-state index contributed by atoms with van der Waals surface area (Å²) in [6.45, 7) is 2.38. The van der Waals surface area contributed by atoms with Gasteiger partial charge in [-0.15, -0.1) is 0 Å². The van der Waals surface area contributed by atoms with E-state index in [0.717, 1.165) is 5.92 Å². The highest BCUT2D eigenvalue weighted by atomic mass is 14.3. The molecule has 26 heavy (non-hydrogen) atoms. The summed E-state index contributed by atoms with van der Waals surface area (Å²) in [6.07, 6.45) is 11.6. The van der Waals surface area contributed by atoms with Gasteiger partial charge >= 0.3 is 0 Å². The Morgan fingerprint density at radius 1 is 0.808 bits per heavy atom. The van der Waals surface area contributed by atoms with Gasteiger partial charge in [-0.1, -0.05) is 79.9 Å². The van der Waals surface area contributed by atoms with E-state index < -0.39 is 0 Å². The zero-order valence-electron chi connectivity index (χ0n) is 15.5. The van der Waals surface area contributed by atoms with Crippen molar-refractivity contribution in [2.75, 3.05) is 0 Å². The maximum Gasteiger partial charge on any atom is 0.0281 e. The van der Waals surface area contributed by atoms with Crippen molar-refractivity contribution in [3.05, 3.63) is 88.5 Å². The molecule has 0 N–H and O–H groups in total. The van der Waals surface area contributed by atoms with E-state index in [1.54, 1.807) is 5.56 Å². The largest absolute Gasteiger partial charge is 0.0720 e. The van der Waals surface area contributed by atoms with E-state index in [0.29, 0.717) is 5.92 Å². The van der Waals surface area contributed by atoms with Crippen LogP contribution in [0.3, 0.4) is 0 Å². The Labute approximate surface area is 156 Å². The van der Waals surface area contributed by atoms with Crippen molar-refractivity contribution in [3.8, 4) is 0 Å². The monoisotopic (exact) mass is 338 g/mol. The lowest BCUT2D eigenvalue weighted by Crippen LogP contribution is -2.10. The molecular weight excluding hydrogens is 312 g/mol. The van der Waals surface area contributed by atoms with Gasteiger partial charge in [0.15, 0.2) is 0 Å². The number of fused-ring (bicyclic) bond motifs is 2. The molecule has 5 rings (SSSR count). The average molecular weight is 338 g/mol. The fraction of sp³-hybridized carbons (Fsp3) is 0.308. The minimum atomic E-state index is 0.401. The van der Waals surface area contributed by atoms with Crippen LogP contribution in [0.5, 0.6) is 0 Å². The first-order valence-corrected chi connectivity index (χ1v) is 10.1. The highest BCUT2D eigenvalue weighted by molar-refractivity contribution is 5.89. The molecular formula is C26H26. The molecule has 1 atom stereocenters. The van der Waals surface area contributed by atoms with Crippen LogP contribution in [-0.2, 0) is 0 Å². The van der Waals surface area contributed by atoms with Gasteiger partial charge < -0.3 is 0 Å². The molecule has 0 aromatic heterocycles. The predicted octanol–water partition coefficient (Wildman–Crippen LogP) is 7.35. The summed E-state index contributed by atoms with van der Waals surface area (Å²) in [6, 6.07) is 20.4. The van der Waals surface area contributed by atoms with Gasteiger partial charge in [-0.05, 0) is 70.3 Å². The van der Waals surface area contributed by atoms with Gasteiger partial charge in [-0.2, -0.15) is 0 Å². The first-order chi connectivity index (χ1) is 12.8. The molecule has 130 valence electrons. The number of hydrogen-bond acceptors (Lipinski definition) is 0. The molecule has 0 nitrogen and oxygen atoms in total. The summed E-state index contributed by atoms with van der Waals surface area (Å²) in [5, 5.41) is 2.89. The molecule has 2 aliphatic carbocycles. The second kappa shape index (κ2) is 6.43. The Kier molecular flexibility index (Phi) is 3.93. The quantitative estimate of drug-likeness (QED) is 0.458. The summed E-state index contributed by atoms with van der Waals surface area (Å²) < 4.78 is 0. The van der Waals surface area contributed by atoms with Crippen molar-refractivity contribution in [3.63, 3.8) is 0 Å². The molecule has 0 saturated heterocycles. The van der Waals surface area contributed by atoms with E-state index in [9.17, 15) is 0 Å². The Morgan fingerprint density at radius 2 is 1.58 bits per heavy atom. The fourth-order valence-electron chi connectivity index (χ4n) is 5.26. The maximum atomic E-state index is 2.45. The summed E-state index contributed by atoms with van der Waals surface area (Å²) in [4.78, 5) is 0. The summed E-state index contributed by atoms with van der Waals surface area (Å²) in [7, 11) is 0. The van der Waals surface area contributed by atoms with Gasteiger partial charge in [0.05, 0.1) is 0 Å². The molecule has 0 heteroatoms. The summed E-state index contributed by atoms with van der Waals surface area (Å²) >= 11 is 0. The summed E-state index contributed by atoms with van der Waals surface area (Å²) in [5.74, 6) is 1.13. The van der Waals surface area contributed by atoms with E-state index in [2.05, 4.69) is 73.7 Å². The predicted molar refractivity (Wildman–Crippen MR) is 112 cm³/mol. The molecule has 0 aliphatic heterocycles. The average Bonchev–Trinajstić information content (AvgIpc) is 3.12. The van der Waals surface area contributed by atoms with E-state index in [1.807, 2.05) is 0 Å². The van der Waals surface area contributed by atoms with Crippen LogP contribution >= 0.6 is 0 Å². The third kappa shape index (κ3) is 2.51. The van der Waals surface area contributed by atoms with Crippen LogP contribution in [0.4, 0.5) is 0 Å². The van der Waals surface area contributed by atoms with Crippen molar-refractivity contribution >= 4 is 16.8 Å². The molecule has 1 unspecified atom stereocenters. The zero-order chi connectivity index (χ0) is 17.5. The van der Waals surface area contributed by atoms with Crippen LogP contribution in [0.2, 0.25) is 0 Å². The van der Waals surface area contributed by atoms with Crippen LogP contribution in [0.15, 0.2) is 60.7 Å². The van der Waals surface area contributed by atoms with Crippen LogP contribution in [0.25, 0.3) is 16.8 Å². The second-order valence-electron chi connectivity index (χ2n) is 8.03. The Balaban J connectivity index is 1.72. The molecule has 1 saturated carbocycles.